The quantitative estimate of drug-likeness (QED) is 0.394. The van der Waals surface area contributed by atoms with E-state index in [-0.39, 0.29) is 11.7 Å². The third-order valence-electron chi connectivity index (χ3n) is 2.80. The number of aromatic nitrogens is 2. The molecule has 7 heteroatoms. The van der Waals surface area contributed by atoms with E-state index in [0.29, 0.717) is 32.0 Å². The predicted molar refractivity (Wildman–Crippen MR) is 75.3 cm³/mol. The number of nitrogens with one attached hydrogen (secondary N) is 1. The third kappa shape index (κ3) is 4.75. The number of rotatable bonds is 9. The van der Waals surface area contributed by atoms with Crippen molar-refractivity contribution < 1.29 is 14.2 Å². The molecule has 0 radical (unpaired) electrons. The molecular weight excluding hydrogens is 260 g/mol. The second-order valence-corrected chi connectivity index (χ2v) is 4.31. The Balaban J connectivity index is 2.48. The van der Waals surface area contributed by atoms with E-state index in [1.807, 2.05) is 13.8 Å². The Morgan fingerprint density at radius 1 is 1.15 bits per heavy atom. The van der Waals surface area contributed by atoms with Crippen molar-refractivity contribution in [3.63, 3.8) is 0 Å². The van der Waals surface area contributed by atoms with Gasteiger partial charge in [-0.15, -0.1) is 5.10 Å². The fraction of sp³-hybridized carbons (Fsp3) is 0.615. The average molecular weight is 282 g/mol. The van der Waals surface area contributed by atoms with Crippen LogP contribution in [-0.4, -0.2) is 49.6 Å². The van der Waals surface area contributed by atoms with Crippen molar-refractivity contribution in [3.8, 4) is 5.88 Å². The van der Waals surface area contributed by atoms with E-state index in [2.05, 4.69) is 10.2 Å². The van der Waals surface area contributed by atoms with Crippen LogP contribution in [0.4, 0.5) is 0 Å². The summed E-state index contributed by atoms with van der Waals surface area (Å²) in [5, 5.41) is 15.5. The van der Waals surface area contributed by atoms with Gasteiger partial charge in [-0.05, 0) is 25.8 Å². The van der Waals surface area contributed by atoms with Crippen LogP contribution in [0.5, 0.6) is 5.88 Å². The fourth-order valence-electron chi connectivity index (χ4n) is 1.61. The number of hydrogen-bond donors (Lipinski definition) is 2. The highest BCUT2D eigenvalue weighted by atomic mass is 16.5. The van der Waals surface area contributed by atoms with E-state index in [9.17, 15) is 0 Å². The van der Waals surface area contributed by atoms with Crippen molar-refractivity contribution in [1.82, 2.24) is 10.2 Å². The number of nitrogens with zero attached hydrogens (tertiary/aromatic N) is 2. The maximum atomic E-state index is 7.59. The van der Waals surface area contributed by atoms with Gasteiger partial charge in [0.25, 0.3) is 0 Å². The Morgan fingerprint density at radius 3 is 2.55 bits per heavy atom. The van der Waals surface area contributed by atoms with Crippen LogP contribution in [0, 0.1) is 19.3 Å². The van der Waals surface area contributed by atoms with Crippen molar-refractivity contribution in [2.45, 2.75) is 20.3 Å². The van der Waals surface area contributed by atoms with Crippen molar-refractivity contribution in [2.24, 2.45) is 5.73 Å². The maximum absolute atomic E-state index is 7.59. The molecule has 3 N–H and O–H groups in total. The molecule has 0 atom stereocenters. The molecule has 7 nitrogen and oxygen atoms in total. The van der Waals surface area contributed by atoms with Gasteiger partial charge in [0.15, 0.2) is 0 Å². The molecule has 0 amide bonds. The monoisotopic (exact) mass is 282 g/mol. The number of ether oxygens (including phenoxy) is 3. The molecule has 0 fully saturated rings. The smallest absolute Gasteiger partial charge is 0.244 e. The summed E-state index contributed by atoms with van der Waals surface area (Å²) in [5.74, 6) is 0.206. The van der Waals surface area contributed by atoms with Crippen molar-refractivity contribution >= 4 is 5.84 Å². The van der Waals surface area contributed by atoms with Crippen LogP contribution in [-0.2, 0) is 9.47 Å². The minimum Gasteiger partial charge on any atom is -0.474 e. The summed E-state index contributed by atoms with van der Waals surface area (Å²) in [6.07, 6.45) is 0.846. The summed E-state index contributed by atoms with van der Waals surface area (Å²) in [5.41, 5.74) is 7.60. The van der Waals surface area contributed by atoms with Crippen molar-refractivity contribution in [3.05, 3.63) is 16.8 Å². The lowest BCUT2D eigenvalue weighted by Gasteiger charge is -2.12. The summed E-state index contributed by atoms with van der Waals surface area (Å²) in [6.45, 7) is 5.74. The molecule has 1 aromatic rings. The zero-order valence-corrected chi connectivity index (χ0v) is 12.2. The van der Waals surface area contributed by atoms with Gasteiger partial charge in [-0.25, -0.2) is 0 Å². The topological polar surface area (TPSA) is 103 Å². The Morgan fingerprint density at radius 2 is 1.90 bits per heavy atom. The Bertz CT molecular complexity index is 451. The number of aryl methyl sites for hydroxylation is 1. The molecule has 0 unspecified atom stereocenters. The van der Waals surface area contributed by atoms with Gasteiger partial charge in [-0.1, -0.05) is 0 Å². The van der Waals surface area contributed by atoms with Gasteiger partial charge in [-0.2, -0.15) is 5.10 Å². The fourth-order valence-corrected chi connectivity index (χ4v) is 1.61. The average Bonchev–Trinajstić information content (AvgIpc) is 2.41. The van der Waals surface area contributed by atoms with Crippen LogP contribution in [0.15, 0.2) is 0 Å². The van der Waals surface area contributed by atoms with E-state index in [1.165, 1.54) is 0 Å². The van der Waals surface area contributed by atoms with Gasteiger partial charge < -0.3 is 19.9 Å². The summed E-state index contributed by atoms with van der Waals surface area (Å²) in [7, 11) is 1.66. The lowest BCUT2D eigenvalue weighted by molar-refractivity contribution is 0.0792. The molecule has 20 heavy (non-hydrogen) atoms. The van der Waals surface area contributed by atoms with E-state index in [0.717, 1.165) is 17.7 Å². The van der Waals surface area contributed by atoms with Crippen LogP contribution in [0.3, 0.4) is 0 Å². The zero-order valence-electron chi connectivity index (χ0n) is 12.2. The number of nitrogens with two attached hydrogens (primary N) is 1. The Labute approximate surface area is 118 Å². The van der Waals surface area contributed by atoms with Crippen LogP contribution in [0.1, 0.15) is 23.2 Å². The number of nitrogen functional groups attached to an aromatic ring is 1. The molecule has 0 bridgehead atoms. The minimum atomic E-state index is -0.0727. The highest BCUT2D eigenvalue weighted by molar-refractivity contribution is 5.98. The molecule has 0 aliphatic rings. The molecule has 1 aromatic heterocycles. The normalized spacial score (nSPS) is 10.6. The minimum absolute atomic E-state index is 0.0727. The lowest BCUT2D eigenvalue weighted by atomic mass is 10.1. The number of amidine groups is 1. The van der Waals surface area contributed by atoms with Crippen molar-refractivity contribution in [2.75, 3.05) is 33.5 Å². The summed E-state index contributed by atoms with van der Waals surface area (Å²) >= 11 is 0. The second kappa shape index (κ2) is 8.44. The van der Waals surface area contributed by atoms with Crippen LogP contribution >= 0.6 is 0 Å². The van der Waals surface area contributed by atoms with E-state index in [1.54, 1.807) is 7.11 Å². The Hall–Kier alpha value is -1.73. The molecule has 112 valence electrons. The third-order valence-corrected chi connectivity index (χ3v) is 2.80. The van der Waals surface area contributed by atoms with Crippen LogP contribution in [0.25, 0.3) is 0 Å². The predicted octanol–water partition coefficient (Wildman–Crippen LogP) is 0.809. The van der Waals surface area contributed by atoms with Gasteiger partial charge in [0.2, 0.25) is 5.88 Å². The van der Waals surface area contributed by atoms with Gasteiger partial charge in [0.05, 0.1) is 17.9 Å². The summed E-state index contributed by atoms with van der Waals surface area (Å²) in [6, 6.07) is 0. The first kappa shape index (κ1) is 16.3. The molecule has 0 saturated carbocycles. The van der Waals surface area contributed by atoms with E-state index >= 15 is 0 Å². The van der Waals surface area contributed by atoms with Gasteiger partial charge in [0.1, 0.15) is 12.4 Å². The number of methoxy groups -OCH3 is 1. The van der Waals surface area contributed by atoms with Crippen molar-refractivity contribution in [1.29, 1.82) is 5.41 Å². The van der Waals surface area contributed by atoms with Gasteiger partial charge >= 0.3 is 0 Å². The maximum Gasteiger partial charge on any atom is 0.244 e. The highest BCUT2D eigenvalue weighted by Crippen LogP contribution is 2.19. The molecule has 0 spiro atoms. The van der Waals surface area contributed by atoms with Crippen LogP contribution < -0.4 is 10.5 Å². The van der Waals surface area contributed by atoms with E-state index < -0.39 is 0 Å². The van der Waals surface area contributed by atoms with Gasteiger partial charge in [-0.3, -0.25) is 5.41 Å². The molecule has 1 heterocycles. The highest BCUT2D eigenvalue weighted by Gasteiger charge is 2.14. The molecule has 0 aromatic carbocycles. The largest absolute Gasteiger partial charge is 0.474 e. The lowest BCUT2D eigenvalue weighted by Crippen LogP contribution is -2.19. The van der Waals surface area contributed by atoms with Gasteiger partial charge in [0, 0.05) is 20.3 Å². The molecular formula is C13H22N4O3. The molecule has 0 saturated heterocycles. The standard InChI is InChI=1S/C13H22N4O3/c1-9-10(2)16-17-13(11(9)12(14)15)20-8-7-19-6-4-5-18-3/h4-8H2,1-3H3,(H3,14,15). The molecule has 0 aliphatic carbocycles. The number of hydrogen-bond acceptors (Lipinski definition) is 6. The summed E-state index contributed by atoms with van der Waals surface area (Å²) in [4.78, 5) is 0. The molecule has 0 aliphatic heterocycles. The van der Waals surface area contributed by atoms with E-state index in [4.69, 9.17) is 25.4 Å². The first-order chi connectivity index (χ1) is 9.57. The molecule has 1 rings (SSSR count). The first-order valence-corrected chi connectivity index (χ1v) is 6.45. The summed E-state index contributed by atoms with van der Waals surface area (Å²) < 4.78 is 15.8. The first-order valence-electron chi connectivity index (χ1n) is 6.45. The Kier molecular flexibility index (Phi) is 6.89. The van der Waals surface area contributed by atoms with Crippen LogP contribution in [0.2, 0.25) is 0 Å². The second-order valence-electron chi connectivity index (χ2n) is 4.31. The zero-order chi connectivity index (χ0) is 15.0. The SMILES string of the molecule is COCCCOCCOc1nnc(C)c(C)c1C(=N)N.